The van der Waals surface area contributed by atoms with Crippen LogP contribution in [0.4, 0.5) is 5.69 Å². The topological polar surface area (TPSA) is 63.4 Å². The van der Waals surface area contributed by atoms with Gasteiger partial charge in [-0.05, 0) is 24.5 Å². The van der Waals surface area contributed by atoms with Crippen LogP contribution in [0, 0.1) is 0 Å². The molecule has 2 rings (SSSR count). The van der Waals surface area contributed by atoms with E-state index in [0.29, 0.717) is 13.0 Å². The number of nitrogens with two attached hydrogens (primary N) is 1. The molecule has 0 aromatic heterocycles. The minimum atomic E-state index is -2.92. The van der Waals surface area contributed by atoms with Gasteiger partial charge in [0.05, 0.1) is 5.75 Å². The number of hydrogen-bond acceptors (Lipinski definition) is 4. The summed E-state index contributed by atoms with van der Waals surface area (Å²) in [5.41, 5.74) is 8.31. The fraction of sp³-hybridized carbons (Fsp3) is 0.571. The molecule has 0 bridgehead atoms. The first kappa shape index (κ1) is 14.3. The molecule has 1 aromatic rings. The van der Waals surface area contributed by atoms with Crippen LogP contribution in [0.1, 0.15) is 31.4 Å². The van der Waals surface area contributed by atoms with Crippen molar-refractivity contribution < 1.29 is 8.42 Å². The lowest BCUT2D eigenvalue weighted by Gasteiger charge is -2.34. The number of para-hydroxylation sites is 1. The van der Waals surface area contributed by atoms with Gasteiger partial charge in [0.2, 0.25) is 0 Å². The number of rotatable bonds is 5. The molecule has 0 radical (unpaired) electrons. The maximum atomic E-state index is 11.8. The maximum absolute atomic E-state index is 11.8. The normalized spacial score (nSPS) is 19.3. The van der Waals surface area contributed by atoms with Gasteiger partial charge < -0.3 is 10.6 Å². The summed E-state index contributed by atoms with van der Waals surface area (Å²) in [5, 5.41) is 0. The second-order valence-corrected chi connectivity index (χ2v) is 7.40. The van der Waals surface area contributed by atoms with Crippen LogP contribution in [0.3, 0.4) is 0 Å². The highest BCUT2D eigenvalue weighted by Crippen LogP contribution is 2.31. The monoisotopic (exact) mass is 282 g/mol. The summed E-state index contributed by atoms with van der Waals surface area (Å²) in [6.45, 7) is 3.29. The van der Waals surface area contributed by atoms with Gasteiger partial charge in [-0.15, -0.1) is 0 Å². The molecule has 1 aliphatic rings. The second-order valence-electron chi connectivity index (χ2n) is 5.09. The summed E-state index contributed by atoms with van der Waals surface area (Å²) in [6.07, 6.45) is 1.56. The van der Waals surface area contributed by atoms with E-state index in [-0.39, 0.29) is 17.5 Å². The fourth-order valence-electron chi connectivity index (χ4n) is 2.55. The van der Waals surface area contributed by atoms with Crippen molar-refractivity contribution in [3.8, 4) is 0 Å². The summed E-state index contributed by atoms with van der Waals surface area (Å²) in [5.74, 6) is 0.506. The molecule has 1 heterocycles. The Morgan fingerprint density at radius 2 is 2.05 bits per heavy atom. The zero-order valence-electron chi connectivity index (χ0n) is 11.4. The Balaban J connectivity index is 2.09. The van der Waals surface area contributed by atoms with Crippen LogP contribution >= 0.6 is 0 Å². The second kappa shape index (κ2) is 5.92. The van der Waals surface area contributed by atoms with Crippen molar-refractivity contribution in [2.45, 2.75) is 25.8 Å². The lowest BCUT2D eigenvalue weighted by molar-refractivity contribution is 0.581. The number of sulfone groups is 1. The van der Waals surface area contributed by atoms with Crippen molar-refractivity contribution in [2.75, 3.05) is 29.5 Å². The Bertz CT molecular complexity index is 528. The average Bonchev–Trinajstić information content (AvgIpc) is 2.38. The van der Waals surface area contributed by atoms with Crippen molar-refractivity contribution in [2.24, 2.45) is 5.73 Å². The van der Waals surface area contributed by atoms with Crippen LogP contribution in [0.15, 0.2) is 24.3 Å². The van der Waals surface area contributed by atoms with Crippen molar-refractivity contribution >= 4 is 15.5 Å². The first-order valence-electron chi connectivity index (χ1n) is 6.83. The average molecular weight is 282 g/mol. The molecule has 0 saturated carbocycles. The highest BCUT2D eigenvalue weighted by molar-refractivity contribution is 7.91. The predicted octanol–water partition coefficient (Wildman–Crippen LogP) is 1.72. The molecule has 106 valence electrons. The van der Waals surface area contributed by atoms with Crippen LogP contribution in [-0.2, 0) is 9.84 Å². The minimum absolute atomic E-state index is 0.0692. The molecule has 1 unspecified atom stereocenters. The summed E-state index contributed by atoms with van der Waals surface area (Å²) in [4.78, 5) is 2.14. The summed E-state index contributed by atoms with van der Waals surface area (Å²) < 4.78 is 23.6. The Morgan fingerprint density at radius 3 is 2.79 bits per heavy atom. The van der Waals surface area contributed by atoms with Gasteiger partial charge >= 0.3 is 0 Å². The van der Waals surface area contributed by atoms with Crippen LogP contribution in [0.2, 0.25) is 0 Å². The van der Waals surface area contributed by atoms with E-state index >= 15 is 0 Å². The molecule has 0 spiro atoms. The first-order valence-corrected chi connectivity index (χ1v) is 8.65. The van der Waals surface area contributed by atoms with E-state index in [9.17, 15) is 8.42 Å². The van der Waals surface area contributed by atoms with E-state index in [2.05, 4.69) is 4.90 Å². The van der Waals surface area contributed by atoms with Crippen molar-refractivity contribution in [3.05, 3.63) is 29.8 Å². The standard InChI is InChI=1S/C14H22N2O2S/c1-2-10-19(17,18)11-9-16-8-7-13(15)12-5-3-4-6-14(12)16/h3-6,13H,2,7-11,15H2,1H3. The summed E-state index contributed by atoms with van der Waals surface area (Å²) in [7, 11) is -2.92. The number of anilines is 1. The molecular formula is C14H22N2O2S. The SMILES string of the molecule is CCCS(=O)(=O)CCN1CCC(N)c2ccccc21. The quantitative estimate of drug-likeness (QED) is 0.893. The highest BCUT2D eigenvalue weighted by Gasteiger charge is 2.23. The smallest absolute Gasteiger partial charge is 0.152 e. The van der Waals surface area contributed by atoms with E-state index in [0.717, 1.165) is 24.2 Å². The molecular weight excluding hydrogens is 260 g/mol. The van der Waals surface area contributed by atoms with Gasteiger partial charge in [0.15, 0.2) is 9.84 Å². The molecule has 5 heteroatoms. The van der Waals surface area contributed by atoms with Gasteiger partial charge in [-0.2, -0.15) is 0 Å². The van der Waals surface area contributed by atoms with Gasteiger partial charge in [0.1, 0.15) is 0 Å². The van der Waals surface area contributed by atoms with Crippen LogP contribution in [-0.4, -0.2) is 33.0 Å². The van der Waals surface area contributed by atoms with Gasteiger partial charge in [0.25, 0.3) is 0 Å². The molecule has 0 amide bonds. The number of fused-ring (bicyclic) bond motifs is 1. The Morgan fingerprint density at radius 1 is 1.32 bits per heavy atom. The zero-order chi connectivity index (χ0) is 13.9. The van der Waals surface area contributed by atoms with Gasteiger partial charge in [-0.3, -0.25) is 0 Å². The molecule has 2 N–H and O–H groups in total. The van der Waals surface area contributed by atoms with E-state index in [1.165, 1.54) is 0 Å². The maximum Gasteiger partial charge on any atom is 0.152 e. The molecule has 1 aromatic carbocycles. The third-order valence-electron chi connectivity index (χ3n) is 3.57. The van der Waals surface area contributed by atoms with Crippen molar-refractivity contribution in [3.63, 3.8) is 0 Å². The Hall–Kier alpha value is -1.07. The molecule has 0 aliphatic carbocycles. The van der Waals surface area contributed by atoms with Gasteiger partial charge in [0, 0.05) is 30.6 Å². The van der Waals surface area contributed by atoms with E-state index in [1.54, 1.807) is 0 Å². The van der Waals surface area contributed by atoms with Crippen LogP contribution in [0.5, 0.6) is 0 Å². The molecule has 19 heavy (non-hydrogen) atoms. The summed E-state index contributed by atoms with van der Waals surface area (Å²) >= 11 is 0. The predicted molar refractivity (Wildman–Crippen MR) is 79.1 cm³/mol. The summed E-state index contributed by atoms with van der Waals surface area (Å²) in [6, 6.07) is 8.09. The number of hydrogen-bond donors (Lipinski definition) is 1. The Labute approximate surface area is 115 Å². The third kappa shape index (κ3) is 3.48. The molecule has 0 saturated heterocycles. The zero-order valence-corrected chi connectivity index (χ0v) is 12.2. The third-order valence-corrected chi connectivity index (χ3v) is 5.41. The fourth-order valence-corrected chi connectivity index (χ4v) is 3.88. The number of nitrogens with zero attached hydrogens (tertiary/aromatic N) is 1. The first-order chi connectivity index (χ1) is 9.03. The van der Waals surface area contributed by atoms with E-state index < -0.39 is 9.84 Å². The molecule has 1 aliphatic heterocycles. The minimum Gasteiger partial charge on any atom is -0.370 e. The molecule has 1 atom stereocenters. The van der Waals surface area contributed by atoms with E-state index in [4.69, 9.17) is 5.73 Å². The number of benzene rings is 1. The van der Waals surface area contributed by atoms with E-state index in [1.807, 2.05) is 31.2 Å². The van der Waals surface area contributed by atoms with Crippen molar-refractivity contribution in [1.82, 2.24) is 0 Å². The van der Waals surface area contributed by atoms with Crippen LogP contribution in [0.25, 0.3) is 0 Å². The largest absolute Gasteiger partial charge is 0.370 e. The van der Waals surface area contributed by atoms with Crippen LogP contribution < -0.4 is 10.6 Å². The Kier molecular flexibility index (Phi) is 4.47. The van der Waals surface area contributed by atoms with Gasteiger partial charge in [-0.1, -0.05) is 25.1 Å². The van der Waals surface area contributed by atoms with Crippen molar-refractivity contribution in [1.29, 1.82) is 0 Å². The molecule has 4 nitrogen and oxygen atoms in total. The molecule has 0 fully saturated rings. The lowest BCUT2D eigenvalue weighted by Crippen LogP contribution is -2.37. The highest BCUT2D eigenvalue weighted by atomic mass is 32.2. The van der Waals surface area contributed by atoms with Gasteiger partial charge in [-0.25, -0.2) is 8.42 Å². The lowest BCUT2D eigenvalue weighted by atomic mass is 9.97.